The summed E-state index contributed by atoms with van der Waals surface area (Å²) in [6.07, 6.45) is 3.40. The lowest BCUT2D eigenvalue weighted by Gasteiger charge is -2.02. The molecule has 1 aromatic rings. The van der Waals surface area contributed by atoms with Crippen LogP contribution in [0, 0.1) is 5.92 Å². The van der Waals surface area contributed by atoms with E-state index in [4.69, 9.17) is 0 Å². The van der Waals surface area contributed by atoms with E-state index in [-0.39, 0.29) is 0 Å². The van der Waals surface area contributed by atoms with Crippen molar-refractivity contribution in [2.24, 2.45) is 13.0 Å². The lowest BCUT2D eigenvalue weighted by molar-refractivity contribution is 0.540. The Bertz CT molecular complexity index is 229. The van der Waals surface area contributed by atoms with Gasteiger partial charge in [-0.2, -0.15) is 0 Å². The summed E-state index contributed by atoms with van der Waals surface area (Å²) in [4.78, 5) is 0. The highest BCUT2D eigenvalue weighted by molar-refractivity contribution is 4.78. The van der Waals surface area contributed by atoms with Gasteiger partial charge in [-0.25, -0.2) is 4.68 Å². The topological polar surface area (TPSA) is 43.6 Å². The SMILES string of the molecule is CC(C)CCCc1nnnn1C. The van der Waals surface area contributed by atoms with Crippen molar-refractivity contribution in [2.45, 2.75) is 33.1 Å². The Morgan fingerprint density at radius 2 is 2.17 bits per heavy atom. The first-order chi connectivity index (χ1) is 5.70. The van der Waals surface area contributed by atoms with E-state index in [1.54, 1.807) is 4.68 Å². The highest BCUT2D eigenvalue weighted by Gasteiger charge is 2.01. The first-order valence-electron chi connectivity index (χ1n) is 4.41. The maximum atomic E-state index is 3.91. The summed E-state index contributed by atoms with van der Waals surface area (Å²) in [6, 6.07) is 0. The lowest BCUT2D eigenvalue weighted by atomic mass is 10.1. The Hall–Kier alpha value is -0.930. The summed E-state index contributed by atoms with van der Waals surface area (Å²) in [5.74, 6) is 1.75. The largest absolute Gasteiger partial charge is 0.233 e. The molecular formula is C8H16N4. The molecule has 1 heterocycles. The van der Waals surface area contributed by atoms with Crippen molar-refractivity contribution in [1.82, 2.24) is 20.2 Å². The van der Waals surface area contributed by atoms with Crippen LogP contribution in [-0.4, -0.2) is 20.2 Å². The van der Waals surface area contributed by atoms with Crippen molar-refractivity contribution in [3.8, 4) is 0 Å². The van der Waals surface area contributed by atoms with Crippen LogP contribution >= 0.6 is 0 Å². The third-order valence-electron chi connectivity index (χ3n) is 1.89. The van der Waals surface area contributed by atoms with Crippen molar-refractivity contribution in [2.75, 3.05) is 0 Å². The predicted octanol–water partition coefficient (Wildman–Crippen LogP) is 1.19. The fraction of sp³-hybridized carbons (Fsp3) is 0.875. The minimum atomic E-state index is 0.770. The van der Waals surface area contributed by atoms with Gasteiger partial charge in [0.25, 0.3) is 0 Å². The zero-order valence-corrected chi connectivity index (χ0v) is 7.99. The van der Waals surface area contributed by atoms with E-state index >= 15 is 0 Å². The summed E-state index contributed by atoms with van der Waals surface area (Å²) >= 11 is 0. The summed E-state index contributed by atoms with van der Waals surface area (Å²) in [5.41, 5.74) is 0. The van der Waals surface area contributed by atoms with Crippen LogP contribution in [0.4, 0.5) is 0 Å². The second-order valence-electron chi connectivity index (χ2n) is 3.50. The Morgan fingerprint density at radius 1 is 1.42 bits per heavy atom. The molecule has 1 rings (SSSR count). The van der Waals surface area contributed by atoms with Crippen molar-refractivity contribution >= 4 is 0 Å². The fourth-order valence-electron chi connectivity index (χ4n) is 1.13. The van der Waals surface area contributed by atoms with E-state index in [1.807, 2.05) is 7.05 Å². The zero-order chi connectivity index (χ0) is 8.97. The molecule has 0 spiro atoms. The number of nitrogens with zero attached hydrogens (tertiary/aromatic N) is 4. The number of aryl methyl sites for hydroxylation is 2. The van der Waals surface area contributed by atoms with Crippen LogP contribution in [0.1, 0.15) is 32.5 Å². The molecule has 0 aliphatic heterocycles. The number of hydrogen-bond donors (Lipinski definition) is 0. The van der Waals surface area contributed by atoms with E-state index in [0.717, 1.165) is 18.2 Å². The molecule has 68 valence electrons. The van der Waals surface area contributed by atoms with Crippen molar-refractivity contribution in [3.63, 3.8) is 0 Å². The Balaban J connectivity index is 2.29. The standard InChI is InChI=1S/C8H16N4/c1-7(2)5-4-6-8-9-10-11-12(8)3/h7H,4-6H2,1-3H3. The molecule has 0 aliphatic carbocycles. The number of tetrazole rings is 1. The smallest absolute Gasteiger partial charge is 0.150 e. The normalized spacial score (nSPS) is 11.0. The lowest BCUT2D eigenvalue weighted by Crippen LogP contribution is -2.00. The number of aromatic nitrogens is 4. The van der Waals surface area contributed by atoms with Gasteiger partial charge < -0.3 is 0 Å². The summed E-state index contributed by atoms with van der Waals surface area (Å²) < 4.78 is 1.74. The summed E-state index contributed by atoms with van der Waals surface area (Å²) in [5, 5.41) is 11.3. The van der Waals surface area contributed by atoms with Crippen LogP contribution < -0.4 is 0 Å². The summed E-state index contributed by atoms with van der Waals surface area (Å²) in [7, 11) is 1.88. The highest BCUT2D eigenvalue weighted by Crippen LogP contribution is 2.06. The second kappa shape index (κ2) is 4.18. The Kier molecular flexibility index (Phi) is 3.19. The van der Waals surface area contributed by atoms with Gasteiger partial charge in [-0.3, -0.25) is 0 Å². The van der Waals surface area contributed by atoms with Crippen LogP contribution in [-0.2, 0) is 13.5 Å². The van der Waals surface area contributed by atoms with Crippen LogP contribution in [0.25, 0.3) is 0 Å². The van der Waals surface area contributed by atoms with E-state index in [9.17, 15) is 0 Å². The molecular weight excluding hydrogens is 152 g/mol. The molecule has 0 radical (unpaired) electrons. The van der Waals surface area contributed by atoms with Gasteiger partial charge >= 0.3 is 0 Å². The summed E-state index contributed by atoms with van der Waals surface area (Å²) in [6.45, 7) is 4.46. The number of hydrogen-bond acceptors (Lipinski definition) is 3. The minimum absolute atomic E-state index is 0.770. The average Bonchev–Trinajstić information content (AvgIpc) is 2.36. The molecule has 0 atom stereocenters. The Labute approximate surface area is 73.0 Å². The van der Waals surface area contributed by atoms with Crippen molar-refractivity contribution < 1.29 is 0 Å². The molecule has 4 nitrogen and oxygen atoms in total. The molecule has 0 saturated carbocycles. The van der Waals surface area contributed by atoms with Gasteiger partial charge in [0.2, 0.25) is 0 Å². The van der Waals surface area contributed by atoms with E-state index in [0.29, 0.717) is 0 Å². The van der Waals surface area contributed by atoms with E-state index in [2.05, 4.69) is 29.4 Å². The van der Waals surface area contributed by atoms with Crippen LogP contribution in [0.2, 0.25) is 0 Å². The quantitative estimate of drug-likeness (QED) is 0.678. The third kappa shape index (κ3) is 2.60. The van der Waals surface area contributed by atoms with Gasteiger partial charge in [-0.15, -0.1) is 5.10 Å². The molecule has 0 aliphatic rings. The zero-order valence-electron chi connectivity index (χ0n) is 7.99. The molecule has 4 heteroatoms. The highest BCUT2D eigenvalue weighted by atomic mass is 15.5. The molecule has 0 amide bonds. The van der Waals surface area contributed by atoms with Gasteiger partial charge in [0.05, 0.1) is 0 Å². The van der Waals surface area contributed by atoms with E-state index in [1.165, 1.54) is 12.8 Å². The maximum absolute atomic E-state index is 3.91. The molecule has 12 heavy (non-hydrogen) atoms. The van der Waals surface area contributed by atoms with Crippen LogP contribution in [0.3, 0.4) is 0 Å². The van der Waals surface area contributed by atoms with E-state index < -0.39 is 0 Å². The van der Waals surface area contributed by atoms with Gasteiger partial charge in [-0.1, -0.05) is 20.3 Å². The molecule has 0 bridgehead atoms. The van der Waals surface area contributed by atoms with Gasteiger partial charge in [-0.05, 0) is 22.8 Å². The predicted molar refractivity (Wildman–Crippen MR) is 46.6 cm³/mol. The average molecular weight is 168 g/mol. The molecule has 0 aromatic carbocycles. The molecule has 0 saturated heterocycles. The molecule has 0 fully saturated rings. The van der Waals surface area contributed by atoms with Gasteiger partial charge in [0, 0.05) is 13.5 Å². The van der Waals surface area contributed by atoms with Crippen molar-refractivity contribution in [1.29, 1.82) is 0 Å². The number of rotatable bonds is 4. The van der Waals surface area contributed by atoms with Crippen LogP contribution in [0.15, 0.2) is 0 Å². The third-order valence-corrected chi connectivity index (χ3v) is 1.89. The van der Waals surface area contributed by atoms with Crippen LogP contribution in [0.5, 0.6) is 0 Å². The maximum Gasteiger partial charge on any atom is 0.150 e. The fourth-order valence-corrected chi connectivity index (χ4v) is 1.13. The first kappa shape index (κ1) is 9.16. The monoisotopic (exact) mass is 168 g/mol. The molecule has 0 N–H and O–H groups in total. The first-order valence-corrected chi connectivity index (χ1v) is 4.41. The molecule has 1 aromatic heterocycles. The molecule has 0 unspecified atom stereocenters. The van der Waals surface area contributed by atoms with Gasteiger partial charge in [0.15, 0.2) is 5.82 Å². The van der Waals surface area contributed by atoms with Gasteiger partial charge in [0.1, 0.15) is 0 Å². The minimum Gasteiger partial charge on any atom is -0.233 e. The Morgan fingerprint density at radius 3 is 2.67 bits per heavy atom. The van der Waals surface area contributed by atoms with Crippen molar-refractivity contribution in [3.05, 3.63) is 5.82 Å². The second-order valence-corrected chi connectivity index (χ2v) is 3.50.